The molecule has 0 saturated heterocycles. The standard InChI is InChI=1S/C16H19NO3/c1-17-7-9-3-4-12(19-2)16-15(9)14-10(8-17)5-11(18)6-13(14)20-16/h3-4,11,13,18H,5-8H2,1-2H3/t11-,13-/m0/s1. The molecule has 2 atom stereocenters. The molecule has 0 spiro atoms. The van der Waals surface area contributed by atoms with Crippen molar-refractivity contribution in [2.24, 2.45) is 0 Å². The lowest BCUT2D eigenvalue weighted by molar-refractivity contribution is 0.111. The van der Waals surface area contributed by atoms with Crippen LogP contribution in [0.3, 0.4) is 0 Å². The zero-order chi connectivity index (χ0) is 13.9. The second kappa shape index (κ2) is 4.24. The molecule has 1 aromatic carbocycles. The van der Waals surface area contributed by atoms with Crippen LogP contribution >= 0.6 is 0 Å². The van der Waals surface area contributed by atoms with E-state index < -0.39 is 0 Å². The lowest BCUT2D eigenvalue weighted by Crippen LogP contribution is -2.30. The van der Waals surface area contributed by atoms with Gasteiger partial charge in [-0.15, -0.1) is 0 Å². The number of ether oxygens (including phenoxy) is 2. The Morgan fingerprint density at radius 2 is 2.20 bits per heavy atom. The van der Waals surface area contributed by atoms with Gasteiger partial charge in [0.25, 0.3) is 0 Å². The molecular weight excluding hydrogens is 254 g/mol. The van der Waals surface area contributed by atoms with E-state index in [-0.39, 0.29) is 12.2 Å². The second-order valence-electron chi connectivity index (χ2n) is 6.02. The van der Waals surface area contributed by atoms with Crippen molar-refractivity contribution in [3.63, 3.8) is 0 Å². The first-order valence-corrected chi connectivity index (χ1v) is 7.12. The topological polar surface area (TPSA) is 41.9 Å². The van der Waals surface area contributed by atoms with Crippen molar-refractivity contribution in [3.05, 3.63) is 28.8 Å². The van der Waals surface area contributed by atoms with E-state index in [0.29, 0.717) is 6.42 Å². The summed E-state index contributed by atoms with van der Waals surface area (Å²) in [6.45, 7) is 1.81. The molecule has 4 heteroatoms. The van der Waals surface area contributed by atoms with E-state index in [1.54, 1.807) is 7.11 Å². The minimum atomic E-state index is -0.297. The number of aliphatic hydroxyl groups is 1. The third kappa shape index (κ3) is 1.61. The fraction of sp³-hybridized carbons (Fsp3) is 0.500. The van der Waals surface area contributed by atoms with Crippen molar-refractivity contribution in [2.75, 3.05) is 20.7 Å². The van der Waals surface area contributed by atoms with Gasteiger partial charge in [-0.1, -0.05) is 6.07 Å². The Kier molecular flexibility index (Phi) is 2.59. The SMILES string of the molecule is COc1ccc2c3c1O[C@H]1C[C@@H](O)CC(=C31)CN(C)C2. The van der Waals surface area contributed by atoms with E-state index in [2.05, 4.69) is 18.0 Å². The van der Waals surface area contributed by atoms with Gasteiger partial charge in [0.2, 0.25) is 0 Å². The van der Waals surface area contributed by atoms with Crippen LogP contribution in [0, 0.1) is 0 Å². The fourth-order valence-corrected chi connectivity index (χ4v) is 3.79. The quantitative estimate of drug-likeness (QED) is 0.847. The molecule has 1 aliphatic carbocycles. The maximum absolute atomic E-state index is 10.1. The van der Waals surface area contributed by atoms with Crippen LogP contribution in [0.15, 0.2) is 17.7 Å². The summed E-state index contributed by atoms with van der Waals surface area (Å²) in [5.41, 5.74) is 5.15. The molecule has 0 bridgehead atoms. The smallest absolute Gasteiger partial charge is 0.170 e. The first-order valence-electron chi connectivity index (χ1n) is 7.12. The fourth-order valence-electron chi connectivity index (χ4n) is 3.79. The maximum atomic E-state index is 10.1. The van der Waals surface area contributed by atoms with E-state index >= 15 is 0 Å². The van der Waals surface area contributed by atoms with E-state index in [4.69, 9.17) is 9.47 Å². The lowest BCUT2D eigenvalue weighted by Gasteiger charge is -2.27. The van der Waals surface area contributed by atoms with Gasteiger partial charge in [0.15, 0.2) is 11.5 Å². The Bertz CT molecular complexity index is 608. The number of methoxy groups -OCH3 is 1. The lowest BCUT2D eigenvalue weighted by atomic mass is 9.84. The predicted octanol–water partition coefficient (Wildman–Crippen LogP) is 1.81. The Morgan fingerprint density at radius 3 is 3.00 bits per heavy atom. The molecule has 3 aliphatic rings. The van der Waals surface area contributed by atoms with Crippen LogP contribution in [0.5, 0.6) is 11.5 Å². The zero-order valence-electron chi connectivity index (χ0n) is 11.8. The highest BCUT2D eigenvalue weighted by Gasteiger charge is 2.41. The third-order valence-corrected chi connectivity index (χ3v) is 4.53. The first kappa shape index (κ1) is 12.2. The minimum Gasteiger partial charge on any atom is -0.493 e. The first-order chi connectivity index (χ1) is 9.67. The van der Waals surface area contributed by atoms with Crippen LogP contribution in [0.4, 0.5) is 0 Å². The second-order valence-corrected chi connectivity index (χ2v) is 6.02. The summed E-state index contributed by atoms with van der Waals surface area (Å²) in [5, 5.41) is 10.1. The molecule has 0 unspecified atom stereocenters. The van der Waals surface area contributed by atoms with Crippen LogP contribution < -0.4 is 9.47 Å². The molecule has 0 fully saturated rings. The van der Waals surface area contributed by atoms with Crippen LogP contribution in [-0.4, -0.2) is 42.9 Å². The summed E-state index contributed by atoms with van der Waals surface area (Å²) in [6.07, 6.45) is 1.13. The van der Waals surface area contributed by atoms with Gasteiger partial charge in [-0.2, -0.15) is 0 Å². The number of aliphatic hydroxyl groups excluding tert-OH is 1. The number of nitrogens with zero attached hydrogens (tertiary/aromatic N) is 1. The molecule has 1 aromatic rings. The summed E-state index contributed by atoms with van der Waals surface area (Å²) in [5.74, 6) is 1.66. The normalized spacial score (nSPS) is 27.9. The number of benzene rings is 1. The zero-order valence-corrected chi connectivity index (χ0v) is 11.8. The molecular formula is C16H19NO3. The Balaban J connectivity index is 1.97. The summed E-state index contributed by atoms with van der Waals surface area (Å²) in [4.78, 5) is 2.30. The van der Waals surface area contributed by atoms with Crippen LogP contribution in [0.25, 0.3) is 5.57 Å². The Morgan fingerprint density at radius 1 is 1.35 bits per heavy atom. The summed E-state index contributed by atoms with van der Waals surface area (Å²) in [7, 11) is 3.80. The van der Waals surface area contributed by atoms with Crippen molar-refractivity contribution in [1.82, 2.24) is 4.90 Å². The monoisotopic (exact) mass is 273 g/mol. The van der Waals surface area contributed by atoms with Crippen molar-refractivity contribution < 1.29 is 14.6 Å². The van der Waals surface area contributed by atoms with Crippen LogP contribution in [0.1, 0.15) is 24.0 Å². The number of hydrogen-bond acceptors (Lipinski definition) is 4. The van der Waals surface area contributed by atoms with Crippen molar-refractivity contribution >= 4 is 5.57 Å². The summed E-state index contributed by atoms with van der Waals surface area (Å²) < 4.78 is 11.6. The third-order valence-electron chi connectivity index (χ3n) is 4.53. The van der Waals surface area contributed by atoms with E-state index in [1.165, 1.54) is 22.3 Å². The molecule has 2 aliphatic heterocycles. The average Bonchev–Trinajstić information content (AvgIpc) is 2.70. The van der Waals surface area contributed by atoms with Crippen molar-refractivity contribution in [1.29, 1.82) is 0 Å². The molecule has 20 heavy (non-hydrogen) atoms. The summed E-state index contributed by atoms with van der Waals surface area (Å²) >= 11 is 0. The highest BCUT2D eigenvalue weighted by Crippen LogP contribution is 2.51. The van der Waals surface area contributed by atoms with Gasteiger partial charge in [0.05, 0.1) is 13.2 Å². The number of hydrogen-bond donors (Lipinski definition) is 1. The van der Waals surface area contributed by atoms with Crippen LogP contribution in [0.2, 0.25) is 0 Å². The van der Waals surface area contributed by atoms with Crippen molar-refractivity contribution in [2.45, 2.75) is 31.6 Å². The van der Waals surface area contributed by atoms with Gasteiger partial charge in [0.1, 0.15) is 6.10 Å². The molecule has 4 rings (SSSR count). The van der Waals surface area contributed by atoms with Gasteiger partial charge in [-0.05, 0) is 30.7 Å². The van der Waals surface area contributed by atoms with Crippen molar-refractivity contribution in [3.8, 4) is 11.5 Å². The molecule has 0 amide bonds. The van der Waals surface area contributed by atoms with E-state index in [9.17, 15) is 5.11 Å². The predicted molar refractivity (Wildman–Crippen MR) is 75.9 cm³/mol. The summed E-state index contributed by atoms with van der Waals surface area (Å²) in [6, 6.07) is 4.13. The highest BCUT2D eigenvalue weighted by molar-refractivity contribution is 5.85. The van der Waals surface area contributed by atoms with Gasteiger partial charge >= 0.3 is 0 Å². The molecule has 1 N–H and O–H groups in total. The molecule has 2 heterocycles. The Labute approximate surface area is 118 Å². The molecule has 0 saturated carbocycles. The molecule has 0 aromatic heterocycles. The number of rotatable bonds is 1. The van der Waals surface area contributed by atoms with Gasteiger partial charge in [-0.3, -0.25) is 4.90 Å². The molecule has 106 valence electrons. The van der Waals surface area contributed by atoms with Gasteiger partial charge in [-0.25, -0.2) is 0 Å². The molecule has 0 radical (unpaired) electrons. The minimum absolute atomic E-state index is 0.00898. The number of likely N-dealkylation sites (N-methyl/N-ethyl adjacent to an activating group) is 1. The molecule has 4 nitrogen and oxygen atoms in total. The maximum Gasteiger partial charge on any atom is 0.170 e. The van der Waals surface area contributed by atoms with E-state index in [1.807, 2.05) is 6.07 Å². The Hall–Kier alpha value is -1.52. The van der Waals surface area contributed by atoms with E-state index in [0.717, 1.165) is 31.0 Å². The largest absolute Gasteiger partial charge is 0.493 e. The average molecular weight is 273 g/mol. The van der Waals surface area contributed by atoms with Gasteiger partial charge in [0, 0.05) is 30.6 Å². The van der Waals surface area contributed by atoms with Gasteiger partial charge < -0.3 is 14.6 Å². The highest BCUT2D eigenvalue weighted by atomic mass is 16.5. The van der Waals surface area contributed by atoms with Crippen LogP contribution in [-0.2, 0) is 6.54 Å².